The lowest BCUT2D eigenvalue weighted by Gasteiger charge is -2.32. The van der Waals surface area contributed by atoms with E-state index < -0.39 is 6.04 Å². The number of carbonyl (C=O) groups is 2. The molecular formula is C27H35ClN2O3S. The van der Waals surface area contributed by atoms with E-state index in [0.29, 0.717) is 29.5 Å². The van der Waals surface area contributed by atoms with Crippen LogP contribution in [0.4, 0.5) is 0 Å². The molecule has 0 unspecified atom stereocenters. The SMILES string of the molecule is CC[C@H](C(=O)NC1CCCCC1)N(Cc1cccc(OC)c1)C(=O)CSCc1cccc(Cl)c1. The highest BCUT2D eigenvalue weighted by molar-refractivity contribution is 7.99. The number of thioether (sulfide) groups is 1. The molecule has 7 heteroatoms. The van der Waals surface area contributed by atoms with Crippen LogP contribution in [0.3, 0.4) is 0 Å². The highest BCUT2D eigenvalue weighted by atomic mass is 35.5. The molecule has 3 rings (SSSR count). The summed E-state index contributed by atoms with van der Waals surface area (Å²) in [4.78, 5) is 28.4. The van der Waals surface area contributed by atoms with Gasteiger partial charge in [-0.05, 0) is 54.7 Å². The van der Waals surface area contributed by atoms with Gasteiger partial charge in [-0.1, -0.05) is 62.1 Å². The molecule has 184 valence electrons. The van der Waals surface area contributed by atoms with Gasteiger partial charge >= 0.3 is 0 Å². The summed E-state index contributed by atoms with van der Waals surface area (Å²) in [5.74, 6) is 1.62. The van der Waals surface area contributed by atoms with Gasteiger partial charge in [-0.15, -0.1) is 11.8 Å². The first-order chi connectivity index (χ1) is 16.5. The number of nitrogens with one attached hydrogen (secondary N) is 1. The Labute approximate surface area is 212 Å². The molecule has 0 aliphatic heterocycles. The maximum absolute atomic E-state index is 13.4. The van der Waals surface area contributed by atoms with Crippen LogP contribution in [-0.2, 0) is 21.9 Å². The van der Waals surface area contributed by atoms with Crippen LogP contribution >= 0.6 is 23.4 Å². The molecule has 2 amide bonds. The molecule has 1 saturated carbocycles. The third kappa shape index (κ3) is 7.95. The quantitative estimate of drug-likeness (QED) is 0.419. The van der Waals surface area contributed by atoms with Gasteiger partial charge in [-0.3, -0.25) is 9.59 Å². The predicted octanol–water partition coefficient (Wildman–Crippen LogP) is 5.84. The predicted molar refractivity (Wildman–Crippen MR) is 140 cm³/mol. The molecule has 5 nitrogen and oxygen atoms in total. The molecule has 1 fully saturated rings. The lowest BCUT2D eigenvalue weighted by Crippen LogP contribution is -2.52. The topological polar surface area (TPSA) is 58.6 Å². The Bertz CT molecular complexity index is 949. The van der Waals surface area contributed by atoms with Gasteiger partial charge in [0.15, 0.2) is 0 Å². The van der Waals surface area contributed by atoms with Crippen LogP contribution in [0.1, 0.15) is 56.6 Å². The second kappa shape index (κ2) is 13.6. The normalized spacial score (nSPS) is 14.9. The summed E-state index contributed by atoms with van der Waals surface area (Å²) >= 11 is 7.63. The highest BCUT2D eigenvalue weighted by Gasteiger charge is 2.30. The maximum Gasteiger partial charge on any atom is 0.243 e. The van der Waals surface area contributed by atoms with Gasteiger partial charge < -0.3 is 15.0 Å². The fourth-order valence-electron chi connectivity index (χ4n) is 4.40. The number of carbonyl (C=O) groups excluding carboxylic acids is 2. The summed E-state index contributed by atoms with van der Waals surface area (Å²) in [6.07, 6.45) is 6.12. The first-order valence-corrected chi connectivity index (χ1v) is 13.6. The Hall–Kier alpha value is -2.18. The summed E-state index contributed by atoms with van der Waals surface area (Å²) in [6.45, 7) is 2.33. The summed E-state index contributed by atoms with van der Waals surface area (Å²) in [5.41, 5.74) is 2.02. The van der Waals surface area contributed by atoms with E-state index in [1.807, 2.05) is 55.5 Å². The van der Waals surface area contributed by atoms with Crippen molar-refractivity contribution < 1.29 is 14.3 Å². The Morgan fingerprint density at radius 2 is 1.85 bits per heavy atom. The van der Waals surface area contributed by atoms with Crippen molar-refractivity contribution in [2.24, 2.45) is 0 Å². The number of amides is 2. The van der Waals surface area contributed by atoms with Gasteiger partial charge in [0, 0.05) is 23.4 Å². The number of hydrogen-bond acceptors (Lipinski definition) is 4. The number of methoxy groups -OCH3 is 1. The molecule has 0 spiro atoms. The number of hydrogen-bond donors (Lipinski definition) is 1. The molecule has 2 aromatic carbocycles. The van der Waals surface area contributed by atoms with Crippen LogP contribution in [-0.4, -0.2) is 41.7 Å². The van der Waals surface area contributed by atoms with Crippen molar-refractivity contribution in [2.45, 2.75) is 69.8 Å². The number of rotatable bonds is 11. The fraction of sp³-hybridized carbons (Fsp3) is 0.481. The molecule has 1 aliphatic carbocycles. The van der Waals surface area contributed by atoms with Crippen LogP contribution in [0, 0.1) is 0 Å². The molecule has 0 aromatic heterocycles. The first-order valence-electron chi connectivity index (χ1n) is 12.0. The van der Waals surface area contributed by atoms with Crippen LogP contribution < -0.4 is 10.1 Å². The van der Waals surface area contributed by atoms with Crippen molar-refractivity contribution in [1.82, 2.24) is 10.2 Å². The number of nitrogens with zero attached hydrogens (tertiary/aromatic N) is 1. The summed E-state index contributed by atoms with van der Waals surface area (Å²) in [6, 6.07) is 15.1. The van der Waals surface area contributed by atoms with E-state index in [0.717, 1.165) is 42.6 Å². The van der Waals surface area contributed by atoms with Crippen molar-refractivity contribution >= 4 is 35.2 Å². The van der Waals surface area contributed by atoms with E-state index in [1.54, 1.807) is 12.0 Å². The van der Waals surface area contributed by atoms with E-state index in [4.69, 9.17) is 16.3 Å². The van der Waals surface area contributed by atoms with Gasteiger partial charge in [-0.2, -0.15) is 0 Å². The number of ether oxygens (including phenoxy) is 1. The summed E-state index contributed by atoms with van der Waals surface area (Å²) < 4.78 is 5.36. The van der Waals surface area contributed by atoms with Gasteiger partial charge in [0.1, 0.15) is 11.8 Å². The molecular weight excluding hydrogens is 468 g/mol. The minimum atomic E-state index is -0.507. The largest absolute Gasteiger partial charge is 0.497 e. The number of benzene rings is 2. The van der Waals surface area contributed by atoms with Crippen LogP contribution in [0.2, 0.25) is 5.02 Å². The fourth-order valence-corrected chi connectivity index (χ4v) is 5.47. The van der Waals surface area contributed by atoms with Gasteiger partial charge in [0.2, 0.25) is 11.8 Å². The zero-order valence-electron chi connectivity index (χ0n) is 20.1. The molecule has 1 N–H and O–H groups in total. The zero-order valence-corrected chi connectivity index (χ0v) is 21.7. The first kappa shape index (κ1) is 26.4. The smallest absolute Gasteiger partial charge is 0.243 e. The van der Waals surface area contributed by atoms with E-state index in [-0.39, 0.29) is 17.9 Å². The highest BCUT2D eigenvalue weighted by Crippen LogP contribution is 2.22. The molecule has 2 aromatic rings. The van der Waals surface area contributed by atoms with E-state index in [2.05, 4.69) is 5.32 Å². The molecule has 34 heavy (non-hydrogen) atoms. The average Bonchev–Trinajstić information content (AvgIpc) is 2.84. The van der Waals surface area contributed by atoms with Crippen molar-refractivity contribution in [3.63, 3.8) is 0 Å². The Morgan fingerprint density at radius 1 is 1.12 bits per heavy atom. The molecule has 0 saturated heterocycles. The Kier molecular flexibility index (Phi) is 10.6. The minimum Gasteiger partial charge on any atom is -0.497 e. The van der Waals surface area contributed by atoms with Crippen molar-refractivity contribution in [2.75, 3.05) is 12.9 Å². The monoisotopic (exact) mass is 502 g/mol. The molecule has 0 radical (unpaired) electrons. The Morgan fingerprint density at radius 3 is 2.56 bits per heavy atom. The molecule has 0 bridgehead atoms. The van der Waals surface area contributed by atoms with E-state index in [9.17, 15) is 9.59 Å². The molecule has 1 atom stereocenters. The third-order valence-electron chi connectivity index (χ3n) is 6.21. The van der Waals surface area contributed by atoms with Gasteiger partial charge in [-0.25, -0.2) is 0 Å². The molecule has 0 heterocycles. The zero-order chi connectivity index (χ0) is 24.3. The van der Waals surface area contributed by atoms with Crippen LogP contribution in [0.5, 0.6) is 5.75 Å². The number of halogens is 1. The van der Waals surface area contributed by atoms with Crippen LogP contribution in [0.25, 0.3) is 0 Å². The van der Waals surface area contributed by atoms with Crippen molar-refractivity contribution in [3.8, 4) is 5.75 Å². The van der Waals surface area contributed by atoms with Crippen LogP contribution in [0.15, 0.2) is 48.5 Å². The van der Waals surface area contributed by atoms with Gasteiger partial charge in [0.05, 0.1) is 12.9 Å². The third-order valence-corrected chi connectivity index (χ3v) is 7.43. The van der Waals surface area contributed by atoms with Crippen molar-refractivity contribution in [3.05, 3.63) is 64.7 Å². The van der Waals surface area contributed by atoms with E-state index in [1.165, 1.54) is 18.2 Å². The maximum atomic E-state index is 13.4. The van der Waals surface area contributed by atoms with Crippen molar-refractivity contribution in [1.29, 1.82) is 0 Å². The van der Waals surface area contributed by atoms with Gasteiger partial charge in [0.25, 0.3) is 0 Å². The van der Waals surface area contributed by atoms with E-state index >= 15 is 0 Å². The standard InChI is InChI=1S/C27H35ClN2O3S/c1-3-25(27(32)29-23-12-5-4-6-13-23)30(17-20-9-8-14-24(16-20)33-2)26(31)19-34-18-21-10-7-11-22(28)15-21/h7-11,14-16,23,25H,3-6,12-13,17-19H2,1-2H3,(H,29,32)/t25-/m1/s1. The Balaban J connectivity index is 1.72. The average molecular weight is 503 g/mol. The second-order valence-corrected chi connectivity index (χ2v) is 10.2. The minimum absolute atomic E-state index is 0.0412. The second-order valence-electron chi connectivity index (χ2n) is 8.76. The summed E-state index contributed by atoms with van der Waals surface area (Å²) in [7, 11) is 1.63. The lowest BCUT2D eigenvalue weighted by atomic mass is 9.95. The molecule has 1 aliphatic rings. The lowest BCUT2D eigenvalue weighted by molar-refractivity contribution is -0.139. The summed E-state index contributed by atoms with van der Waals surface area (Å²) in [5, 5.41) is 3.91.